The van der Waals surface area contributed by atoms with Crippen molar-refractivity contribution in [3.8, 4) is 0 Å². The molecule has 1 aliphatic rings. The van der Waals surface area contributed by atoms with Gasteiger partial charge in [0.05, 0.1) is 139 Å². The number of imide groups is 1. The number of hydrogen-bond donors (Lipinski definition) is 0. The maximum Gasteiger partial charge on any atom is 0.335 e. The fourth-order valence-electron chi connectivity index (χ4n) is 3.08. The summed E-state index contributed by atoms with van der Waals surface area (Å²) >= 11 is 0. The first-order valence-electron chi connectivity index (χ1n) is 14.4. The predicted molar refractivity (Wildman–Crippen MR) is 146 cm³/mol. The van der Waals surface area contributed by atoms with Gasteiger partial charge in [-0.25, -0.2) is 4.79 Å². The molecule has 1 aliphatic heterocycles. The lowest BCUT2D eigenvalue weighted by Crippen LogP contribution is -2.32. The normalized spacial score (nSPS) is 13.2. The molecule has 1 rings (SSSR count). The summed E-state index contributed by atoms with van der Waals surface area (Å²) in [5, 5.41) is 0.515. The van der Waals surface area contributed by atoms with Crippen LogP contribution >= 0.6 is 0 Å². The van der Waals surface area contributed by atoms with Gasteiger partial charge in [0.1, 0.15) is 0 Å². The van der Waals surface area contributed by atoms with Crippen molar-refractivity contribution in [3.63, 3.8) is 0 Å². The van der Waals surface area contributed by atoms with Gasteiger partial charge in [-0.15, -0.1) is 5.06 Å². The van der Waals surface area contributed by atoms with E-state index in [1.165, 1.54) is 7.11 Å². The second-order valence-electron chi connectivity index (χ2n) is 8.63. The quantitative estimate of drug-likeness (QED) is 0.0558. The molecular formula is C27H47NO15. The van der Waals surface area contributed by atoms with Crippen LogP contribution in [0.1, 0.15) is 25.7 Å². The molecule has 0 N–H and O–H groups in total. The molecule has 1 fully saturated rings. The molecule has 0 aromatic heterocycles. The second kappa shape index (κ2) is 28.5. The van der Waals surface area contributed by atoms with Crippen molar-refractivity contribution in [2.45, 2.75) is 25.7 Å². The Hall–Kier alpha value is -2.28. The lowest BCUT2D eigenvalue weighted by molar-refractivity contribution is -0.198. The summed E-state index contributed by atoms with van der Waals surface area (Å²) in [4.78, 5) is 50.0. The molecule has 0 aromatic rings. The average molecular weight is 626 g/mol. The molecule has 1 heterocycles. The summed E-state index contributed by atoms with van der Waals surface area (Å²) in [5.74, 6) is -2.02. The Morgan fingerprint density at radius 1 is 0.465 bits per heavy atom. The fraction of sp³-hybridized carbons (Fsp3) is 0.852. The molecule has 0 spiro atoms. The molecule has 0 radical (unpaired) electrons. The molecule has 0 saturated carbocycles. The van der Waals surface area contributed by atoms with E-state index < -0.39 is 17.8 Å². The van der Waals surface area contributed by atoms with Gasteiger partial charge in [0.25, 0.3) is 11.8 Å². The van der Waals surface area contributed by atoms with Crippen molar-refractivity contribution in [3.05, 3.63) is 0 Å². The number of hydrogen-bond acceptors (Lipinski definition) is 15. The summed E-state index contributed by atoms with van der Waals surface area (Å²) in [7, 11) is 1.34. The number of rotatable bonds is 31. The Morgan fingerprint density at radius 2 is 0.721 bits per heavy atom. The molecular weight excluding hydrogens is 578 g/mol. The highest BCUT2D eigenvalue weighted by molar-refractivity contribution is 6.01. The lowest BCUT2D eigenvalue weighted by Gasteiger charge is -2.12. The zero-order valence-corrected chi connectivity index (χ0v) is 25.1. The standard InChI is InChI=1S/C27H47NO15/c1-33-26(31)4-6-34-8-10-36-12-14-38-16-18-40-20-22-42-23-21-41-19-17-39-15-13-37-11-9-35-7-5-27(32)43-28-24(29)2-3-25(28)30/h2-23H2,1H3. The van der Waals surface area contributed by atoms with Gasteiger partial charge >= 0.3 is 11.9 Å². The molecule has 2 amide bonds. The lowest BCUT2D eigenvalue weighted by atomic mass is 10.4. The van der Waals surface area contributed by atoms with E-state index in [2.05, 4.69) is 4.74 Å². The molecule has 1 saturated heterocycles. The van der Waals surface area contributed by atoms with Crippen molar-refractivity contribution in [1.82, 2.24) is 5.06 Å². The van der Waals surface area contributed by atoms with Gasteiger partial charge in [-0.2, -0.15) is 0 Å². The Labute approximate surface area is 252 Å². The summed E-state index contributed by atoms with van der Waals surface area (Å²) < 4.78 is 52.8. The predicted octanol–water partition coefficient (Wildman–Crippen LogP) is -0.304. The molecule has 0 bridgehead atoms. The maximum absolute atomic E-state index is 11.6. The number of carbonyl (C=O) groups is 4. The van der Waals surface area contributed by atoms with Gasteiger partial charge in [-0.05, 0) is 0 Å². The van der Waals surface area contributed by atoms with Gasteiger partial charge < -0.3 is 52.2 Å². The number of hydroxylamine groups is 2. The van der Waals surface area contributed by atoms with Crippen molar-refractivity contribution in [1.29, 1.82) is 0 Å². The van der Waals surface area contributed by atoms with Crippen LogP contribution in [-0.4, -0.2) is 155 Å². The summed E-state index contributed by atoms with van der Waals surface area (Å²) in [6.45, 7) is 7.24. The summed E-state index contributed by atoms with van der Waals surface area (Å²) in [5.41, 5.74) is 0. The van der Waals surface area contributed by atoms with E-state index in [4.69, 9.17) is 47.5 Å². The first-order chi connectivity index (χ1) is 21.0. The van der Waals surface area contributed by atoms with Crippen molar-refractivity contribution < 1.29 is 71.4 Å². The summed E-state index contributed by atoms with van der Waals surface area (Å²) in [6.07, 6.45) is 0.273. The van der Waals surface area contributed by atoms with E-state index in [0.717, 1.165) is 0 Å². The van der Waals surface area contributed by atoms with Gasteiger partial charge in [0, 0.05) is 12.8 Å². The van der Waals surface area contributed by atoms with E-state index in [9.17, 15) is 19.2 Å². The molecule has 0 atom stereocenters. The largest absolute Gasteiger partial charge is 0.469 e. The van der Waals surface area contributed by atoms with Gasteiger partial charge in [-0.3, -0.25) is 14.4 Å². The maximum atomic E-state index is 11.6. The smallest absolute Gasteiger partial charge is 0.335 e. The van der Waals surface area contributed by atoms with E-state index >= 15 is 0 Å². The highest BCUT2D eigenvalue weighted by atomic mass is 16.7. The third-order valence-corrected chi connectivity index (χ3v) is 5.30. The van der Waals surface area contributed by atoms with E-state index in [-0.39, 0.29) is 44.9 Å². The van der Waals surface area contributed by atoms with Crippen LogP contribution in [0.25, 0.3) is 0 Å². The third kappa shape index (κ3) is 23.8. The topological polar surface area (TPSA) is 173 Å². The molecule has 43 heavy (non-hydrogen) atoms. The number of ether oxygens (including phenoxy) is 10. The SMILES string of the molecule is COC(=O)CCOCCOCCOCCOCCOCCOCCOCCOCCOCCC(=O)ON1C(=O)CCC1=O. The molecule has 0 aliphatic carbocycles. The number of esters is 1. The fourth-order valence-corrected chi connectivity index (χ4v) is 3.08. The molecule has 250 valence electrons. The van der Waals surface area contributed by atoms with Crippen LogP contribution in [-0.2, 0) is 71.4 Å². The van der Waals surface area contributed by atoms with Gasteiger partial charge in [-0.1, -0.05) is 0 Å². The van der Waals surface area contributed by atoms with Crippen molar-refractivity contribution in [2.24, 2.45) is 0 Å². The number of amides is 2. The average Bonchev–Trinajstić information content (AvgIpc) is 3.32. The first-order valence-corrected chi connectivity index (χ1v) is 14.4. The highest BCUT2D eigenvalue weighted by Crippen LogP contribution is 2.12. The number of carbonyl (C=O) groups excluding carboxylic acids is 4. The van der Waals surface area contributed by atoms with Crippen LogP contribution < -0.4 is 0 Å². The van der Waals surface area contributed by atoms with E-state index in [0.29, 0.717) is 111 Å². The van der Waals surface area contributed by atoms with E-state index in [1.54, 1.807) is 0 Å². The van der Waals surface area contributed by atoms with Crippen LogP contribution in [0, 0.1) is 0 Å². The molecule has 16 heteroatoms. The summed E-state index contributed by atoms with van der Waals surface area (Å²) in [6, 6.07) is 0. The van der Waals surface area contributed by atoms with Crippen LogP contribution in [0.15, 0.2) is 0 Å². The number of nitrogens with zero attached hydrogens (tertiary/aromatic N) is 1. The van der Waals surface area contributed by atoms with Crippen LogP contribution in [0.3, 0.4) is 0 Å². The zero-order chi connectivity index (χ0) is 31.2. The Bertz CT molecular complexity index is 723. The Morgan fingerprint density at radius 3 is 1.00 bits per heavy atom. The van der Waals surface area contributed by atoms with Gasteiger partial charge in [0.15, 0.2) is 0 Å². The molecule has 0 aromatic carbocycles. The highest BCUT2D eigenvalue weighted by Gasteiger charge is 2.32. The third-order valence-electron chi connectivity index (χ3n) is 5.30. The minimum atomic E-state index is -0.702. The molecule has 0 unspecified atom stereocenters. The van der Waals surface area contributed by atoms with E-state index in [1.807, 2.05) is 0 Å². The van der Waals surface area contributed by atoms with Crippen molar-refractivity contribution in [2.75, 3.05) is 126 Å². The number of methoxy groups -OCH3 is 1. The van der Waals surface area contributed by atoms with Gasteiger partial charge in [0.2, 0.25) is 0 Å². The zero-order valence-electron chi connectivity index (χ0n) is 25.1. The Kier molecular flexibility index (Phi) is 25.7. The van der Waals surface area contributed by atoms with Crippen LogP contribution in [0.4, 0.5) is 0 Å². The second-order valence-corrected chi connectivity index (χ2v) is 8.63. The minimum absolute atomic E-state index is 0.0577. The first kappa shape index (κ1) is 38.7. The van der Waals surface area contributed by atoms with Crippen LogP contribution in [0.5, 0.6) is 0 Å². The van der Waals surface area contributed by atoms with Crippen LogP contribution in [0.2, 0.25) is 0 Å². The minimum Gasteiger partial charge on any atom is -0.469 e. The monoisotopic (exact) mass is 625 g/mol. The van der Waals surface area contributed by atoms with Crippen molar-refractivity contribution >= 4 is 23.8 Å². The molecule has 16 nitrogen and oxygen atoms in total. The Balaban J connectivity index is 1.67.